The van der Waals surface area contributed by atoms with Crippen LogP contribution in [-0.4, -0.2) is 67.6 Å². The van der Waals surface area contributed by atoms with E-state index in [4.69, 9.17) is 4.74 Å². The molecular formula is C16H32N6O. The van der Waals surface area contributed by atoms with E-state index >= 15 is 0 Å². The number of guanidine groups is 1. The minimum Gasteiger partial charge on any atom is -0.383 e. The van der Waals surface area contributed by atoms with Crippen LogP contribution in [0.5, 0.6) is 0 Å². The van der Waals surface area contributed by atoms with E-state index in [1.165, 1.54) is 11.3 Å². The Morgan fingerprint density at radius 3 is 2.61 bits per heavy atom. The van der Waals surface area contributed by atoms with Gasteiger partial charge in [0.2, 0.25) is 0 Å². The van der Waals surface area contributed by atoms with Crippen molar-refractivity contribution in [3.8, 4) is 0 Å². The van der Waals surface area contributed by atoms with Crippen LogP contribution < -0.4 is 10.6 Å². The van der Waals surface area contributed by atoms with Crippen LogP contribution in [0, 0.1) is 13.8 Å². The van der Waals surface area contributed by atoms with E-state index in [2.05, 4.69) is 46.5 Å². The molecule has 2 N–H and O–H groups in total. The van der Waals surface area contributed by atoms with Crippen molar-refractivity contribution in [2.24, 2.45) is 12.0 Å². The second-order valence-corrected chi connectivity index (χ2v) is 5.69. The fourth-order valence-electron chi connectivity index (χ4n) is 2.27. The van der Waals surface area contributed by atoms with Crippen molar-refractivity contribution < 1.29 is 4.74 Å². The molecule has 0 saturated carbocycles. The molecule has 0 spiro atoms. The lowest BCUT2D eigenvalue weighted by Crippen LogP contribution is -2.41. The normalized spacial score (nSPS) is 12.0. The molecular weight excluding hydrogens is 292 g/mol. The third-order valence-corrected chi connectivity index (χ3v) is 3.86. The van der Waals surface area contributed by atoms with E-state index in [0.29, 0.717) is 6.54 Å². The van der Waals surface area contributed by atoms with Crippen LogP contribution in [-0.2, 0) is 18.3 Å². The van der Waals surface area contributed by atoms with E-state index in [-0.39, 0.29) is 0 Å². The highest BCUT2D eigenvalue weighted by Gasteiger charge is 2.09. The van der Waals surface area contributed by atoms with Crippen LogP contribution in [0.15, 0.2) is 4.99 Å². The van der Waals surface area contributed by atoms with Gasteiger partial charge in [0.1, 0.15) is 0 Å². The molecule has 1 rings (SSSR count). The average molecular weight is 324 g/mol. The molecule has 0 radical (unpaired) electrons. The molecule has 7 heteroatoms. The van der Waals surface area contributed by atoms with Gasteiger partial charge in [-0.15, -0.1) is 0 Å². The molecule has 23 heavy (non-hydrogen) atoms. The number of ether oxygens (including phenoxy) is 1. The van der Waals surface area contributed by atoms with Crippen molar-refractivity contribution in [1.82, 2.24) is 25.3 Å². The minimum atomic E-state index is 0.639. The Balaban J connectivity index is 2.53. The molecule has 0 fully saturated rings. The second kappa shape index (κ2) is 10.2. The van der Waals surface area contributed by atoms with Crippen LogP contribution in [0.4, 0.5) is 0 Å². The number of aromatic nitrogens is 2. The van der Waals surface area contributed by atoms with E-state index in [1.807, 2.05) is 18.7 Å². The predicted octanol–water partition coefficient (Wildman–Crippen LogP) is 0.670. The van der Waals surface area contributed by atoms with Crippen molar-refractivity contribution in [2.45, 2.75) is 27.3 Å². The van der Waals surface area contributed by atoms with Gasteiger partial charge in [-0.1, -0.05) is 0 Å². The van der Waals surface area contributed by atoms with Crippen molar-refractivity contribution in [1.29, 1.82) is 0 Å². The van der Waals surface area contributed by atoms with Crippen LogP contribution in [0.2, 0.25) is 0 Å². The Kier molecular flexibility index (Phi) is 8.65. The lowest BCUT2D eigenvalue weighted by molar-refractivity contribution is 0.162. The van der Waals surface area contributed by atoms with Gasteiger partial charge in [0.15, 0.2) is 5.96 Å². The lowest BCUT2D eigenvalue weighted by atomic mass is 10.2. The Morgan fingerprint density at radius 2 is 2.04 bits per heavy atom. The van der Waals surface area contributed by atoms with Crippen LogP contribution in [0.1, 0.15) is 23.9 Å². The molecule has 1 heterocycles. The summed E-state index contributed by atoms with van der Waals surface area (Å²) in [6.45, 7) is 11.1. The van der Waals surface area contributed by atoms with E-state index in [1.54, 1.807) is 7.11 Å². The number of nitrogens with zero attached hydrogens (tertiary/aromatic N) is 4. The first-order chi connectivity index (χ1) is 11.0. The first kappa shape index (κ1) is 19.4. The lowest BCUT2D eigenvalue weighted by Gasteiger charge is -2.17. The summed E-state index contributed by atoms with van der Waals surface area (Å²) >= 11 is 0. The van der Waals surface area contributed by atoms with Gasteiger partial charge >= 0.3 is 0 Å². The van der Waals surface area contributed by atoms with Gasteiger partial charge < -0.3 is 20.3 Å². The third kappa shape index (κ3) is 6.58. The monoisotopic (exact) mass is 324 g/mol. The van der Waals surface area contributed by atoms with Gasteiger partial charge in [-0.3, -0.25) is 4.68 Å². The summed E-state index contributed by atoms with van der Waals surface area (Å²) in [4.78, 5) is 6.91. The van der Waals surface area contributed by atoms with Crippen LogP contribution >= 0.6 is 0 Å². The molecule has 0 aliphatic rings. The quantitative estimate of drug-likeness (QED) is 0.516. The highest BCUT2D eigenvalue weighted by atomic mass is 16.5. The number of hydrogen-bond acceptors (Lipinski definition) is 4. The molecule has 0 aliphatic carbocycles. The zero-order valence-corrected chi connectivity index (χ0v) is 15.4. The third-order valence-electron chi connectivity index (χ3n) is 3.86. The van der Waals surface area contributed by atoms with Gasteiger partial charge in [-0.05, 0) is 27.8 Å². The first-order valence-corrected chi connectivity index (χ1v) is 8.18. The summed E-state index contributed by atoms with van der Waals surface area (Å²) < 4.78 is 6.99. The molecule has 0 aromatic carbocycles. The summed E-state index contributed by atoms with van der Waals surface area (Å²) in [6.07, 6.45) is 0. The second-order valence-electron chi connectivity index (χ2n) is 5.69. The van der Waals surface area contributed by atoms with Crippen LogP contribution in [0.3, 0.4) is 0 Å². The summed E-state index contributed by atoms with van der Waals surface area (Å²) in [6, 6.07) is 0. The number of methoxy groups -OCH3 is 1. The molecule has 0 atom stereocenters. The summed E-state index contributed by atoms with van der Waals surface area (Å²) in [5, 5.41) is 11.1. The maximum atomic E-state index is 5.08. The largest absolute Gasteiger partial charge is 0.383 e. The van der Waals surface area contributed by atoms with Crippen molar-refractivity contribution in [3.05, 3.63) is 17.0 Å². The summed E-state index contributed by atoms with van der Waals surface area (Å²) in [5.41, 5.74) is 3.41. The maximum Gasteiger partial charge on any atom is 0.191 e. The summed E-state index contributed by atoms with van der Waals surface area (Å²) in [7, 11) is 5.78. The molecule has 132 valence electrons. The van der Waals surface area contributed by atoms with Gasteiger partial charge in [0.05, 0.1) is 18.8 Å². The molecule has 0 unspecified atom stereocenters. The summed E-state index contributed by atoms with van der Waals surface area (Å²) in [5.74, 6) is 0.843. The van der Waals surface area contributed by atoms with Crippen molar-refractivity contribution in [3.63, 3.8) is 0 Å². The predicted molar refractivity (Wildman–Crippen MR) is 94.9 cm³/mol. The van der Waals surface area contributed by atoms with Crippen molar-refractivity contribution >= 4 is 5.96 Å². The molecule has 0 amide bonds. The number of aryl methyl sites for hydroxylation is 2. The molecule has 7 nitrogen and oxygen atoms in total. The zero-order chi connectivity index (χ0) is 17.2. The van der Waals surface area contributed by atoms with Gasteiger partial charge in [-0.25, -0.2) is 4.99 Å². The fraction of sp³-hybridized carbons (Fsp3) is 0.750. The Labute approximate surface area is 140 Å². The number of likely N-dealkylation sites (N-methyl/N-ethyl adjacent to an activating group) is 1. The molecule has 0 saturated heterocycles. The highest BCUT2D eigenvalue weighted by Crippen LogP contribution is 2.12. The highest BCUT2D eigenvalue weighted by molar-refractivity contribution is 5.79. The Hall–Kier alpha value is -1.60. The Bertz CT molecular complexity index is 497. The molecule has 1 aromatic rings. The van der Waals surface area contributed by atoms with Gasteiger partial charge in [0, 0.05) is 51.6 Å². The molecule has 0 aliphatic heterocycles. The van der Waals surface area contributed by atoms with E-state index in [9.17, 15) is 0 Å². The van der Waals surface area contributed by atoms with Gasteiger partial charge in [0.25, 0.3) is 0 Å². The number of aliphatic imine (C=N–C) groups is 1. The van der Waals surface area contributed by atoms with Crippen LogP contribution in [0.25, 0.3) is 0 Å². The number of rotatable bonds is 9. The van der Waals surface area contributed by atoms with E-state index in [0.717, 1.165) is 44.4 Å². The minimum absolute atomic E-state index is 0.639. The first-order valence-electron chi connectivity index (χ1n) is 8.18. The topological polar surface area (TPSA) is 66.7 Å². The number of nitrogens with one attached hydrogen (secondary N) is 2. The molecule has 1 aromatic heterocycles. The fourth-order valence-corrected chi connectivity index (χ4v) is 2.27. The van der Waals surface area contributed by atoms with Crippen molar-refractivity contribution in [2.75, 3.05) is 46.9 Å². The van der Waals surface area contributed by atoms with Gasteiger partial charge in [-0.2, -0.15) is 5.10 Å². The standard InChI is InChI=1S/C16H32N6O/c1-7-17-16(18-8-9-21(4)10-11-23-6)19-12-15-13(2)20-22(5)14(15)3/h7-12H2,1-6H3,(H2,17,18,19). The SMILES string of the molecule is CCNC(=NCc1c(C)nn(C)c1C)NCCN(C)CCOC. The Morgan fingerprint density at radius 1 is 1.30 bits per heavy atom. The molecule has 0 bridgehead atoms. The number of hydrogen-bond donors (Lipinski definition) is 2. The zero-order valence-electron chi connectivity index (χ0n) is 15.4. The van der Waals surface area contributed by atoms with E-state index < -0.39 is 0 Å². The average Bonchev–Trinajstić information content (AvgIpc) is 2.76. The maximum absolute atomic E-state index is 5.08. The smallest absolute Gasteiger partial charge is 0.191 e.